The topological polar surface area (TPSA) is 107 Å². The number of ether oxygens (including phenoxy) is 2. The van der Waals surface area contributed by atoms with Crippen LogP contribution >= 0.6 is 58.2 Å². The molecule has 0 aliphatic carbocycles. The summed E-state index contributed by atoms with van der Waals surface area (Å²) in [4.78, 5) is 14.8. The van der Waals surface area contributed by atoms with E-state index in [0.717, 1.165) is 21.8 Å². The molecule has 5 aromatic rings. The molecule has 1 spiro atoms. The van der Waals surface area contributed by atoms with Gasteiger partial charge in [0.2, 0.25) is 0 Å². The zero-order valence-electron chi connectivity index (χ0n) is 26.3. The van der Waals surface area contributed by atoms with Crippen LogP contribution in [0.25, 0.3) is 17.2 Å². The Hall–Kier alpha value is -5.32. The maximum atomic E-state index is 13.8. The second-order valence-corrected chi connectivity index (χ2v) is 14.6. The summed E-state index contributed by atoms with van der Waals surface area (Å²) in [6, 6.07) is 30.6. The van der Waals surface area contributed by atoms with Gasteiger partial charge < -0.3 is 20.1 Å². The lowest BCUT2D eigenvalue weighted by Gasteiger charge is -2.37. The lowest BCUT2D eigenvalue weighted by Crippen LogP contribution is -2.33. The van der Waals surface area contributed by atoms with E-state index in [4.69, 9.17) is 55.9 Å². The van der Waals surface area contributed by atoms with Crippen molar-refractivity contribution in [2.24, 2.45) is 0 Å². The Kier molecular flexibility index (Phi) is 8.50. The van der Waals surface area contributed by atoms with Gasteiger partial charge >= 0.3 is 5.97 Å². The zero-order chi connectivity index (χ0) is 35.9. The summed E-state index contributed by atoms with van der Waals surface area (Å²) in [7, 11) is 0. The Balaban J connectivity index is 0.00000400. The van der Waals surface area contributed by atoms with Crippen LogP contribution in [0.2, 0.25) is 20.1 Å². The third-order valence-electron chi connectivity index (χ3n) is 9.32. The molecule has 4 aliphatic rings. The maximum Gasteiger partial charge on any atom is 0.341 e. The smallest absolute Gasteiger partial charge is 0.341 e. The van der Waals surface area contributed by atoms with Crippen LogP contribution < -0.4 is 15.4 Å². The van der Waals surface area contributed by atoms with Crippen molar-refractivity contribution in [1.29, 1.82) is 10.5 Å². The van der Waals surface area contributed by atoms with Gasteiger partial charge in [-0.05, 0) is 65.2 Å². The number of hydrogen-bond acceptors (Lipinski definition) is 8. The lowest BCUT2D eigenvalue weighted by molar-refractivity contribution is 0.0224. The fraction of sp³-hybridized carbons (Fsp3) is 0.0488. The van der Waals surface area contributed by atoms with E-state index in [0.29, 0.717) is 44.1 Å². The molecule has 0 aromatic heterocycles. The minimum Gasteiger partial charge on any atom is -0.456 e. The molecular formula is C41H22Cl4N4O3S. The van der Waals surface area contributed by atoms with Gasteiger partial charge in [-0.1, -0.05) is 114 Å². The van der Waals surface area contributed by atoms with Gasteiger partial charge in [0, 0.05) is 27.3 Å². The van der Waals surface area contributed by atoms with Crippen molar-refractivity contribution in [1.82, 2.24) is 0 Å². The lowest BCUT2D eigenvalue weighted by atomic mass is 9.76. The van der Waals surface area contributed by atoms with Crippen LogP contribution in [0.5, 0.6) is 11.5 Å². The molecule has 0 radical (unpaired) electrons. The summed E-state index contributed by atoms with van der Waals surface area (Å²) in [5, 5.41) is 28.0. The summed E-state index contributed by atoms with van der Waals surface area (Å²) in [5.41, 5.74) is 4.51. The zero-order valence-corrected chi connectivity index (χ0v) is 30.1. The first kappa shape index (κ1) is 34.7. The summed E-state index contributed by atoms with van der Waals surface area (Å²) >= 11 is 28.1. The molecule has 0 bridgehead atoms. The summed E-state index contributed by atoms with van der Waals surface area (Å²) in [6.07, 6.45) is 3.78. The standard InChI is InChI=1S/C40H18Cl4N4O3S.CH4/c41-34-32-33(35(42)37(44)36(34)43)40(51-39(32)49)24-12-9-20(22(17-45)27-14-11-19-5-1-2-6-26(19)47-27)15-29(24)50-30-16-21(10-13-25(30)40)23(18-46)38-48-28-7-3-4-8-31(28)52-38;/h1-16,47-48H;1H4/b27-22+,38-23-;. The molecule has 0 fully saturated rings. The molecule has 0 saturated heterocycles. The fourth-order valence-corrected chi connectivity index (χ4v) is 9.05. The number of anilines is 2. The van der Waals surface area contributed by atoms with Crippen LogP contribution in [0.4, 0.5) is 11.4 Å². The van der Waals surface area contributed by atoms with E-state index in [9.17, 15) is 15.3 Å². The average molecular weight is 793 g/mol. The van der Waals surface area contributed by atoms with Gasteiger partial charge in [-0.15, -0.1) is 0 Å². The van der Waals surface area contributed by atoms with Gasteiger partial charge in [0.05, 0.1) is 53.2 Å². The number of nitriles is 2. The Morgan fingerprint density at radius 1 is 0.717 bits per heavy atom. The number of rotatable bonds is 2. The van der Waals surface area contributed by atoms with E-state index in [2.05, 4.69) is 22.8 Å². The normalized spacial score (nSPS) is 18.6. The van der Waals surface area contributed by atoms with Crippen LogP contribution in [0, 0.1) is 22.7 Å². The maximum absolute atomic E-state index is 13.8. The number of nitrogens with zero attached hydrogens (tertiary/aromatic N) is 2. The van der Waals surface area contributed by atoms with E-state index in [1.54, 1.807) is 36.4 Å². The number of carbonyl (C=O) groups is 1. The Bertz CT molecular complexity index is 2650. The molecule has 12 heteroatoms. The SMILES string of the molecule is C.N#C/C(=C1/C=Cc2ccccc2N1)c1ccc2c(c1)Oc1cc(/C(C#N)=C3/Nc4ccccc4S3)ccc1C21OC(=O)c2c(Cl)c(Cl)c(Cl)c(Cl)c21. The highest BCUT2D eigenvalue weighted by Crippen LogP contribution is 2.61. The number of allylic oxidation sites excluding steroid dienone is 3. The molecule has 5 aromatic carbocycles. The van der Waals surface area contributed by atoms with Crippen molar-refractivity contribution in [3.05, 3.63) is 161 Å². The molecule has 4 heterocycles. The minimum atomic E-state index is -1.68. The number of fused-ring (bicyclic) bond motifs is 8. The molecule has 1 atom stereocenters. The molecule has 7 nitrogen and oxygen atoms in total. The van der Waals surface area contributed by atoms with Crippen molar-refractivity contribution < 1.29 is 14.3 Å². The Labute approximate surface area is 328 Å². The number of nitrogens with one attached hydrogen (secondary N) is 2. The van der Waals surface area contributed by atoms with Crippen molar-refractivity contribution >= 4 is 92.7 Å². The highest BCUT2D eigenvalue weighted by molar-refractivity contribution is 8.04. The van der Waals surface area contributed by atoms with Crippen LogP contribution in [-0.2, 0) is 10.3 Å². The molecule has 2 N–H and O–H groups in total. The average Bonchev–Trinajstić information content (AvgIpc) is 3.72. The molecule has 53 heavy (non-hydrogen) atoms. The number of esters is 1. The number of para-hydroxylation sites is 2. The predicted molar refractivity (Wildman–Crippen MR) is 212 cm³/mol. The summed E-state index contributed by atoms with van der Waals surface area (Å²) in [6.45, 7) is 0. The second kappa shape index (κ2) is 13.0. The number of hydrogen-bond donors (Lipinski definition) is 2. The van der Waals surface area contributed by atoms with E-state index >= 15 is 0 Å². The highest BCUT2D eigenvalue weighted by Gasteiger charge is 2.56. The van der Waals surface area contributed by atoms with Crippen molar-refractivity contribution in [2.75, 3.05) is 10.6 Å². The van der Waals surface area contributed by atoms with Crippen molar-refractivity contribution in [3.63, 3.8) is 0 Å². The summed E-state index contributed by atoms with van der Waals surface area (Å²) in [5.74, 6) is -0.196. The quantitative estimate of drug-likeness (QED) is 0.0788. The highest BCUT2D eigenvalue weighted by atomic mass is 35.5. The van der Waals surface area contributed by atoms with Crippen molar-refractivity contribution in [3.8, 4) is 23.6 Å². The molecule has 0 saturated carbocycles. The third kappa shape index (κ3) is 5.14. The molecule has 258 valence electrons. The van der Waals surface area contributed by atoms with Crippen molar-refractivity contribution in [2.45, 2.75) is 17.9 Å². The van der Waals surface area contributed by atoms with Crippen LogP contribution in [0.15, 0.2) is 107 Å². The predicted octanol–water partition coefficient (Wildman–Crippen LogP) is 12.3. The van der Waals surface area contributed by atoms with Gasteiger partial charge in [-0.25, -0.2) is 4.79 Å². The molecule has 1 unspecified atom stereocenters. The first-order chi connectivity index (χ1) is 25.2. The van der Waals surface area contributed by atoms with E-state index < -0.39 is 11.6 Å². The van der Waals surface area contributed by atoms with Crippen LogP contribution in [0.3, 0.4) is 0 Å². The first-order valence-corrected chi connectivity index (χ1v) is 18.0. The fourth-order valence-electron chi connectivity index (χ4n) is 6.96. The van der Waals surface area contributed by atoms with Gasteiger partial charge in [0.1, 0.15) is 23.6 Å². The Morgan fingerprint density at radius 2 is 1.34 bits per heavy atom. The second-order valence-electron chi connectivity index (χ2n) is 12.1. The molecule has 9 rings (SSSR count). The van der Waals surface area contributed by atoms with Crippen LogP contribution in [-0.4, -0.2) is 5.97 Å². The Morgan fingerprint density at radius 3 is 2.02 bits per heavy atom. The summed E-state index contributed by atoms with van der Waals surface area (Å²) < 4.78 is 13.0. The van der Waals surface area contributed by atoms with E-state index in [1.165, 1.54) is 11.8 Å². The largest absolute Gasteiger partial charge is 0.456 e. The van der Waals surface area contributed by atoms with Gasteiger partial charge in [0.25, 0.3) is 0 Å². The number of benzene rings is 5. The minimum absolute atomic E-state index is 0. The number of carbonyl (C=O) groups excluding carboxylic acids is 1. The third-order valence-corrected chi connectivity index (χ3v) is 12.2. The monoisotopic (exact) mass is 790 g/mol. The number of thioether (sulfide) groups is 1. The first-order valence-electron chi connectivity index (χ1n) is 15.7. The molecular weight excluding hydrogens is 770 g/mol. The van der Waals surface area contributed by atoms with Gasteiger partial charge in [-0.3, -0.25) is 0 Å². The van der Waals surface area contributed by atoms with E-state index in [-0.39, 0.29) is 50.1 Å². The van der Waals surface area contributed by atoms with E-state index in [1.807, 2.05) is 60.7 Å². The molecule has 0 amide bonds. The number of halogens is 4. The molecule has 4 aliphatic heterocycles. The van der Waals surface area contributed by atoms with Crippen LogP contribution in [0.1, 0.15) is 51.2 Å². The van der Waals surface area contributed by atoms with Gasteiger partial charge in [-0.2, -0.15) is 10.5 Å². The van der Waals surface area contributed by atoms with Gasteiger partial charge in [0.15, 0.2) is 5.60 Å².